The molecule has 3 aromatic heterocycles. The summed E-state index contributed by atoms with van der Waals surface area (Å²) in [5, 5.41) is 3.51. The van der Waals surface area contributed by atoms with Crippen molar-refractivity contribution in [3.63, 3.8) is 0 Å². The molecular formula is C28H19ClN2OS. The summed E-state index contributed by atoms with van der Waals surface area (Å²) in [6.45, 7) is 1.95. The molecule has 0 spiro atoms. The second-order valence-electron chi connectivity index (χ2n) is 7.79. The molecule has 33 heavy (non-hydrogen) atoms. The molecule has 0 saturated carbocycles. The number of hydrogen-bond donors (Lipinski definition) is 0. The van der Waals surface area contributed by atoms with Crippen LogP contribution in [0.5, 0.6) is 0 Å². The summed E-state index contributed by atoms with van der Waals surface area (Å²) in [5.74, 6) is 0.392. The lowest BCUT2D eigenvalue weighted by Gasteiger charge is -2.07. The van der Waals surface area contributed by atoms with E-state index in [4.69, 9.17) is 16.0 Å². The molecule has 0 amide bonds. The lowest BCUT2D eigenvalue weighted by Crippen LogP contribution is -2.20. The van der Waals surface area contributed by atoms with Gasteiger partial charge < -0.3 is 4.42 Å². The van der Waals surface area contributed by atoms with Gasteiger partial charge in [-0.15, -0.1) is 22.9 Å². The lowest BCUT2D eigenvalue weighted by molar-refractivity contribution is 0.574. The van der Waals surface area contributed by atoms with E-state index in [9.17, 15) is 0 Å². The highest BCUT2D eigenvalue weighted by atomic mass is 35.5. The molecule has 6 aromatic rings. The first-order chi connectivity index (χ1) is 16.3. The van der Waals surface area contributed by atoms with Gasteiger partial charge in [0.2, 0.25) is 0 Å². The first kappa shape index (κ1) is 20.2. The molecular weight excluding hydrogens is 448 g/mol. The molecule has 0 aliphatic rings. The molecule has 3 aromatic carbocycles. The van der Waals surface area contributed by atoms with Gasteiger partial charge in [0.25, 0.3) is 0 Å². The Hall–Kier alpha value is -3.47. The van der Waals surface area contributed by atoms with E-state index in [1.54, 1.807) is 6.33 Å². The van der Waals surface area contributed by atoms with Gasteiger partial charge in [0.1, 0.15) is 23.0 Å². The number of furan rings is 1. The van der Waals surface area contributed by atoms with Crippen molar-refractivity contribution >= 4 is 66.4 Å². The number of benzene rings is 3. The molecule has 0 fully saturated rings. The van der Waals surface area contributed by atoms with Crippen LogP contribution >= 0.6 is 22.9 Å². The van der Waals surface area contributed by atoms with Gasteiger partial charge in [-0.05, 0) is 36.3 Å². The Balaban J connectivity index is 1.58. The third-order valence-corrected chi connectivity index (χ3v) is 7.31. The summed E-state index contributed by atoms with van der Waals surface area (Å²) in [5.41, 5.74) is 6.37. The van der Waals surface area contributed by atoms with Crippen LogP contribution in [0.2, 0.25) is 0 Å². The van der Waals surface area contributed by atoms with Crippen LogP contribution < -0.4 is 10.6 Å². The van der Waals surface area contributed by atoms with E-state index in [0.29, 0.717) is 11.5 Å². The average molecular weight is 467 g/mol. The molecule has 3 heterocycles. The van der Waals surface area contributed by atoms with Crippen molar-refractivity contribution in [3.8, 4) is 22.4 Å². The molecule has 5 heteroatoms. The summed E-state index contributed by atoms with van der Waals surface area (Å²) in [7, 11) is 0. The summed E-state index contributed by atoms with van der Waals surface area (Å²) < 4.78 is 8.77. The minimum absolute atomic E-state index is 0.392. The van der Waals surface area contributed by atoms with Gasteiger partial charge in [-0.2, -0.15) is 0 Å². The van der Waals surface area contributed by atoms with E-state index < -0.39 is 0 Å². The zero-order chi connectivity index (χ0) is 22.4. The molecule has 0 saturated heterocycles. The minimum Gasteiger partial charge on any atom is -0.452 e. The van der Waals surface area contributed by atoms with E-state index in [1.165, 1.54) is 25.7 Å². The first-order valence-corrected chi connectivity index (χ1v) is 12.1. The summed E-state index contributed by atoms with van der Waals surface area (Å²) in [4.78, 5) is 9.08. The van der Waals surface area contributed by atoms with Crippen molar-refractivity contribution in [1.29, 1.82) is 0 Å². The molecule has 0 aliphatic heterocycles. The number of nitrogens with zero attached hydrogens (tertiary/aromatic N) is 2. The highest BCUT2D eigenvalue weighted by Crippen LogP contribution is 2.40. The van der Waals surface area contributed by atoms with Crippen LogP contribution in [-0.4, -0.2) is 15.8 Å². The highest BCUT2D eigenvalue weighted by molar-refractivity contribution is 7.26. The predicted molar refractivity (Wildman–Crippen MR) is 140 cm³/mol. The average Bonchev–Trinajstić information content (AvgIpc) is 3.42. The molecule has 0 N–H and O–H groups in total. The quantitative estimate of drug-likeness (QED) is 0.271. The zero-order valence-corrected chi connectivity index (χ0v) is 19.5. The topological polar surface area (TPSA) is 38.9 Å². The van der Waals surface area contributed by atoms with E-state index in [1.807, 2.05) is 30.4 Å². The number of alkyl halides is 1. The van der Waals surface area contributed by atoms with E-state index in [0.717, 1.165) is 33.0 Å². The van der Waals surface area contributed by atoms with Crippen LogP contribution in [0, 0.1) is 0 Å². The molecule has 0 bridgehead atoms. The Morgan fingerprint density at radius 3 is 2.64 bits per heavy atom. The first-order valence-electron chi connectivity index (χ1n) is 10.8. The number of thiophene rings is 1. The third kappa shape index (κ3) is 3.26. The van der Waals surface area contributed by atoms with Crippen LogP contribution in [0.3, 0.4) is 0 Å². The number of rotatable bonds is 3. The number of fused-ring (bicyclic) bond motifs is 4. The fourth-order valence-corrected chi connectivity index (χ4v) is 5.84. The van der Waals surface area contributed by atoms with Crippen LogP contribution in [0.4, 0.5) is 0 Å². The van der Waals surface area contributed by atoms with Gasteiger partial charge in [0, 0.05) is 36.8 Å². The van der Waals surface area contributed by atoms with E-state index in [2.05, 4.69) is 76.7 Å². The van der Waals surface area contributed by atoms with Gasteiger partial charge in [0.15, 0.2) is 5.58 Å². The number of hydrogen-bond acceptors (Lipinski definition) is 4. The minimum atomic E-state index is 0.392. The molecule has 160 valence electrons. The SMILES string of the molecule is C/C=c1/oc2c(-c3cccc(-c4cccc5c4sc4ccccc45)c3)ncnc2/c1=C/CCl. The Morgan fingerprint density at radius 2 is 1.76 bits per heavy atom. The van der Waals surface area contributed by atoms with Crippen molar-refractivity contribution < 1.29 is 4.42 Å². The Labute approximate surface area is 199 Å². The molecule has 3 nitrogen and oxygen atoms in total. The monoisotopic (exact) mass is 466 g/mol. The largest absolute Gasteiger partial charge is 0.452 e. The van der Waals surface area contributed by atoms with Crippen LogP contribution in [0.15, 0.2) is 77.5 Å². The van der Waals surface area contributed by atoms with Crippen molar-refractivity contribution in [2.45, 2.75) is 6.92 Å². The number of halogens is 1. The number of aromatic nitrogens is 2. The Bertz CT molecular complexity index is 1780. The van der Waals surface area contributed by atoms with Crippen molar-refractivity contribution in [2.75, 3.05) is 5.88 Å². The molecule has 6 rings (SSSR count). The zero-order valence-electron chi connectivity index (χ0n) is 17.9. The second kappa shape index (κ2) is 8.14. The van der Waals surface area contributed by atoms with Crippen LogP contribution in [-0.2, 0) is 0 Å². The van der Waals surface area contributed by atoms with Gasteiger partial charge in [0.05, 0.1) is 0 Å². The smallest absolute Gasteiger partial charge is 0.180 e. The highest BCUT2D eigenvalue weighted by Gasteiger charge is 2.15. The summed E-state index contributed by atoms with van der Waals surface area (Å²) in [6, 6.07) is 23.6. The molecule has 0 aliphatic carbocycles. The maximum absolute atomic E-state index is 6.17. The maximum atomic E-state index is 6.17. The predicted octanol–water partition coefficient (Wildman–Crippen LogP) is 6.74. The van der Waals surface area contributed by atoms with Crippen molar-refractivity contribution in [3.05, 3.63) is 83.7 Å². The third-order valence-electron chi connectivity index (χ3n) is 5.93. The maximum Gasteiger partial charge on any atom is 0.180 e. The summed E-state index contributed by atoms with van der Waals surface area (Å²) in [6.07, 6.45) is 5.46. The molecule has 0 radical (unpaired) electrons. The van der Waals surface area contributed by atoms with Gasteiger partial charge in [-0.25, -0.2) is 9.97 Å². The fourth-order valence-electron chi connectivity index (χ4n) is 4.45. The van der Waals surface area contributed by atoms with E-state index in [-0.39, 0.29) is 0 Å². The Morgan fingerprint density at radius 1 is 0.939 bits per heavy atom. The standard InChI is InChI=1S/C28H19ClN2OS/c1-2-23-22(13-14-29)26-27(32-23)25(30-16-31-26)18-8-5-7-17(15-18)19-10-6-11-21-20-9-3-4-12-24(20)33-28(19)21/h2-13,15-16H,14H2,1H3/b22-13+,23-2+. The van der Waals surface area contributed by atoms with Crippen molar-refractivity contribution in [1.82, 2.24) is 9.97 Å². The van der Waals surface area contributed by atoms with Gasteiger partial charge in [-0.1, -0.05) is 60.7 Å². The lowest BCUT2D eigenvalue weighted by atomic mass is 9.99. The van der Waals surface area contributed by atoms with Gasteiger partial charge >= 0.3 is 0 Å². The normalized spacial score (nSPS) is 13.0. The Kier molecular flexibility index (Phi) is 4.97. The van der Waals surface area contributed by atoms with Crippen molar-refractivity contribution in [2.24, 2.45) is 0 Å². The fraction of sp³-hybridized carbons (Fsp3) is 0.0714. The van der Waals surface area contributed by atoms with Crippen LogP contribution in [0.1, 0.15) is 6.92 Å². The molecule has 0 atom stereocenters. The molecule has 0 unspecified atom stereocenters. The van der Waals surface area contributed by atoms with E-state index >= 15 is 0 Å². The summed E-state index contributed by atoms with van der Waals surface area (Å²) >= 11 is 7.83. The van der Waals surface area contributed by atoms with Crippen LogP contribution in [0.25, 0.3) is 65.8 Å². The van der Waals surface area contributed by atoms with Gasteiger partial charge in [-0.3, -0.25) is 0 Å². The second-order valence-corrected chi connectivity index (χ2v) is 9.15.